The van der Waals surface area contributed by atoms with E-state index in [9.17, 15) is 9.59 Å². The molecule has 0 bridgehead atoms. The van der Waals surface area contributed by atoms with E-state index in [0.717, 1.165) is 6.20 Å². The van der Waals surface area contributed by atoms with Crippen LogP contribution in [0.25, 0.3) is 0 Å². The summed E-state index contributed by atoms with van der Waals surface area (Å²) < 4.78 is 0. The molecule has 5 nitrogen and oxygen atoms in total. The summed E-state index contributed by atoms with van der Waals surface area (Å²) in [6.45, 7) is 3.68. The second-order valence-corrected chi connectivity index (χ2v) is 2.94. The van der Waals surface area contributed by atoms with E-state index in [0.29, 0.717) is 0 Å². The third-order valence-corrected chi connectivity index (χ3v) is 1.32. The molecule has 1 rings (SSSR count). The maximum Gasteiger partial charge on any atom is 0.269 e. The summed E-state index contributed by atoms with van der Waals surface area (Å²) in [4.78, 5) is 28.1. The van der Waals surface area contributed by atoms with Gasteiger partial charge in [-0.25, -0.2) is 0 Å². The van der Waals surface area contributed by atoms with Crippen LogP contribution in [0.3, 0.4) is 0 Å². The summed E-state index contributed by atoms with van der Waals surface area (Å²) in [7, 11) is 0. The van der Waals surface area contributed by atoms with E-state index >= 15 is 0 Å². The van der Waals surface area contributed by atoms with Gasteiger partial charge >= 0.3 is 0 Å². The molecule has 0 unspecified atom stereocenters. The third-order valence-electron chi connectivity index (χ3n) is 1.32. The monoisotopic (exact) mass is 181 g/mol. The minimum atomic E-state index is -0.378. The van der Waals surface area contributed by atoms with Crippen LogP contribution in [0, 0.1) is 0 Å². The molecule has 0 aliphatic rings. The molecule has 0 aromatic carbocycles. The number of rotatable bonds is 2. The highest BCUT2D eigenvalue weighted by molar-refractivity contribution is 5.91. The van der Waals surface area contributed by atoms with Crippen molar-refractivity contribution in [3.05, 3.63) is 28.4 Å². The van der Waals surface area contributed by atoms with Crippen molar-refractivity contribution in [3.8, 4) is 0 Å². The smallest absolute Gasteiger partial charge is 0.269 e. The molecule has 0 fully saturated rings. The summed E-state index contributed by atoms with van der Waals surface area (Å²) in [6.07, 6.45) is 2.44. The lowest BCUT2D eigenvalue weighted by atomic mass is 10.3. The zero-order chi connectivity index (χ0) is 9.84. The molecule has 1 heterocycles. The Morgan fingerprint density at radius 2 is 2.23 bits per heavy atom. The number of hydrogen-bond acceptors (Lipinski definition) is 3. The fourth-order valence-corrected chi connectivity index (χ4v) is 0.832. The number of nitrogens with zero attached hydrogens (tertiary/aromatic N) is 1. The van der Waals surface area contributed by atoms with Gasteiger partial charge in [-0.2, -0.15) is 0 Å². The third kappa shape index (κ3) is 2.70. The van der Waals surface area contributed by atoms with Gasteiger partial charge in [-0.3, -0.25) is 14.6 Å². The Morgan fingerprint density at radius 1 is 1.54 bits per heavy atom. The number of nitrogens with one attached hydrogen (secondary N) is 2. The molecule has 0 aliphatic carbocycles. The van der Waals surface area contributed by atoms with Crippen molar-refractivity contribution in [2.75, 3.05) is 0 Å². The van der Waals surface area contributed by atoms with Gasteiger partial charge in [0.1, 0.15) is 5.69 Å². The van der Waals surface area contributed by atoms with Gasteiger partial charge in [-0.15, -0.1) is 0 Å². The molecule has 2 N–H and O–H groups in total. The van der Waals surface area contributed by atoms with Gasteiger partial charge in [0.2, 0.25) is 0 Å². The molecule has 0 radical (unpaired) electrons. The molecule has 0 saturated heterocycles. The van der Waals surface area contributed by atoms with Gasteiger partial charge in [0.05, 0.1) is 12.4 Å². The molecule has 0 aliphatic heterocycles. The van der Waals surface area contributed by atoms with Gasteiger partial charge in [0, 0.05) is 6.04 Å². The number of carbonyl (C=O) groups excluding carboxylic acids is 1. The first-order chi connectivity index (χ1) is 6.09. The van der Waals surface area contributed by atoms with Gasteiger partial charge in [0.25, 0.3) is 11.5 Å². The summed E-state index contributed by atoms with van der Waals surface area (Å²) in [5.74, 6) is -0.319. The van der Waals surface area contributed by atoms with E-state index in [1.807, 2.05) is 13.8 Å². The summed E-state index contributed by atoms with van der Waals surface area (Å²) in [5.41, 5.74) is -0.197. The molecule has 0 saturated carbocycles. The van der Waals surface area contributed by atoms with Crippen molar-refractivity contribution in [2.45, 2.75) is 19.9 Å². The van der Waals surface area contributed by atoms with Crippen LogP contribution < -0.4 is 10.9 Å². The Morgan fingerprint density at radius 3 is 2.77 bits per heavy atom. The summed E-state index contributed by atoms with van der Waals surface area (Å²) >= 11 is 0. The van der Waals surface area contributed by atoms with E-state index in [2.05, 4.69) is 15.3 Å². The SMILES string of the molecule is CC(C)NC(=O)c1cncc(=O)[nH]1. The second-order valence-electron chi connectivity index (χ2n) is 2.94. The van der Waals surface area contributed by atoms with Crippen molar-refractivity contribution in [1.82, 2.24) is 15.3 Å². The Labute approximate surface area is 75.2 Å². The van der Waals surface area contributed by atoms with Gasteiger partial charge in [-0.1, -0.05) is 0 Å². The molecule has 5 heteroatoms. The van der Waals surface area contributed by atoms with Crippen LogP contribution in [-0.4, -0.2) is 21.9 Å². The molecule has 1 aromatic rings. The van der Waals surface area contributed by atoms with E-state index in [1.165, 1.54) is 6.20 Å². The number of hydrogen-bond donors (Lipinski definition) is 2. The van der Waals surface area contributed by atoms with Crippen LogP contribution in [0.1, 0.15) is 24.3 Å². The standard InChI is InChI=1S/C8H11N3O2/c1-5(2)10-8(13)6-3-9-4-7(12)11-6/h3-5H,1-2H3,(H,10,13)(H,11,12). The highest BCUT2D eigenvalue weighted by atomic mass is 16.2. The average Bonchev–Trinajstić information content (AvgIpc) is 2.03. The van der Waals surface area contributed by atoms with Crippen molar-refractivity contribution in [1.29, 1.82) is 0 Å². The molecule has 0 spiro atoms. The van der Waals surface area contributed by atoms with E-state index in [4.69, 9.17) is 0 Å². The molecule has 1 aromatic heterocycles. The number of amides is 1. The van der Waals surface area contributed by atoms with Crippen molar-refractivity contribution in [2.24, 2.45) is 0 Å². The number of aromatic amines is 1. The predicted molar refractivity (Wildman–Crippen MR) is 47.5 cm³/mol. The number of H-pyrrole nitrogens is 1. The van der Waals surface area contributed by atoms with Crippen LogP contribution in [-0.2, 0) is 0 Å². The topological polar surface area (TPSA) is 74.8 Å². The number of aromatic nitrogens is 2. The average molecular weight is 181 g/mol. The first-order valence-corrected chi connectivity index (χ1v) is 3.95. The van der Waals surface area contributed by atoms with Crippen molar-refractivity contribution < 1.29 is 4.79 Å². The fraction of sp³-hybridized carbons (Fsp3) is 0.375. The maximum absolute atomic E-state index is 11.3. The predicted octanol–water partition coefficient (Wildman–Crippen LogP) is -0.0919. The van der Waals surface area contributed by atoms with Crippen LogP contribution in [0.5, 0.6) is 0 Å². The molecule has 70 valence electrons. The van der Waals surface area contributed by atoms with Crippen molar-refractivity contribution in [3.63, 3.8) is 0 Å². The van der Waals surface area contributed by atoms with Gasteiger partial charge in [0.15, 0.2) is 0 Å². The molecule has 0 atom stereocenters. The minimum Gasteiger partial charge on any atom is -0.349 e. The zero-order valence-electron chi connectivity index (χ0n) is 7.50. The highest BCUT2D eigenvalue weighted by Crippen LogP contribution is 1.88. The normalized spacial score (nSPS) is 10.1. The zero-order valence-corrected chi connectivity index (χ0v) is 7.50. The maximum atomic E-state index is 11.3. The van der Waals surface area contributed by atoms with E-state index in [1.54, 1.807) is 0 Å². The molecular weight excluding hydrogens is 170 g/mol. The van der Waals surface area contributed by atoms with E-state index < -0.39 is 0 Å². The molecular formula is C8H11N3O2. The van der Waals surface area contributed by atoms with Crippen LogP contribution in [0.4, 0.5) is 0 Å². The molecule has 13 heavy (non-hydrogen) atoms. The molecule has 1 amide bonds. The first kappa shape index (κ1) is 9.44. The highest BCUT2D eigenvalue weighted by Gasteiger charge is 2.06. The lowest BCUT2D eigenvalue weighted by molar-refractivity contribution is 0.0937. The Bertz CT molecular complexity index is 356. The van der Waals surface area contributed by atoms with Crippen LogP contribution in [0.2, 0.25) is 0 Å². The van der Waals surface area contributed by atoms with Gasteiger partial charge in [-0.05, 0) is 13.8 Å². The Kier molecular flexibility index (Phi) is 2.79. The lowest BCUT2D eigenvalue weighted by Crippen LogP contribution is -2.32. The lowest BCUT2D eigenvalue weighted by Gasteiger charge is -2.06. The van der Waals surface area contributed by atoms with Crippen LogP contribution in [0.15, 0.2) is 17.2 Å². The fourth-order valence-electron chi connectivity index (χ4n) is 0.832. The Hall–Kier alpha value is -1.65. The van der Waals surface area contributed by atoms with E-state index in [-0.39, 0.29) is 23.2 Å². The largest absolute Gasteiger partial charge is 0.349 e. The summed E-state index contributed by atoms with van der Waals surface area (Å²) in [5, 5.41) is 2.64. The summed E-state index contributed by atoms with van der Waals surface area (Å²) in [6, 6.07) is 0.0382. The Balaban J connectivity index is 2.83. The van der Waals surface area contributed by atoms with Crippen LogP contribution >= 0.6 is 0 Å². The van der Waals surface area contributed by atoms with Crippen molar-refractivity contribution >= 4 is 5.91 Å². The van der Waals surface area contributed by atoms with Gasteiger partial charge < -0.3 is 10.3 Å². The minimum absolute atomic E-state index is 0.0382. The number of carbonyl (C=O) groups is 1. The second kappa shape index (κ2) is 3.84. The quantitative estimate of drug-likeness (QED) is 0.669. The first-order valence-electron chi connectivity index (χ1n) is 3.95.